The first-order valence-corrected chi connectivity index (χ1v) is 8.50. The van der Waals surface area contributed by atoms with Gasteiger partial charge in [0.25, 0.3) is 0 Å². The second kappa shape index (κ2) is 10.6. The molecule has 0 amide bonds. The third-order valence-corrected chi connectivity index (χ3v) is 3.49. The molecular formula is C13H20ClO8P. The summed E-state index contributed by atoms with van der Waals surface area (Å²) >= 11 is 5.66. The molecule has 0 fully saturated rings. The summed E-state index contributed by atoms with van der Waals surface area (Å²) in [5.41, 5.74) is 0.396. The molecule has 1 atom stereocenters. The molecule has 0 aliphatic carbocycles. The molecule has 0 aromatic heterocycles. The van der Waals surface area contributed by atoms with Crippen molar-refractivity contribution in [2.45, 2.75) is 40.0 Å². The number of allylic oxidation sites excluding steroid dienone is 2. The van der Waals surface area contributed by atoms with Crippen LogP contribution >= 0.6 is 19.4 Å². The first-order chi connectivity index (χ1) is 10.6. The summed E-state index contributed by atoms with van der Waals surface area (Å²) < 4.78 is 25.8. The van der Waals surface area contributed by atoms with E-state index in [9.17, 15) is 14.2 Å². The molecule has 0 rings (SSSR count). The van der Waals surface area contributed by atoms with Crippen molar-refractivity contribution in [1.29, 1.82) is 0 Å². The zero-order valence-electron chi connectivity index (χ0n) is 13.5. The van der Waals surface area contributed by atoms with E-state index in [-0.39, 0.29) is 17.8 Å². The van der Waals surface area contributed by atoms with Gasteiger partial charge in [-0.05, 0) is 34.6 Å². The molecule has 23 heavy (non-hydrogen) atoms. The number of carbonyl (C=O) groups excluding carboxylic acids is 2. The minimum atomic E-state index is -4.51. The van der Waals surface area contributed by atoms with Crippen LogP contribution in [0.4, 0.5) is 0 Å². The summed E-state index contributed by atoms with van der Waals surface area (Å²) in [5, 5.41) is -0.545. The molecule has 0 bridgehead atoms. The maximum Gasteiger partial charge on any atom is 0.547 e. The number of hydrogen-bond acceptors (Lipinski definition) is 8. The summed E-state index contributed by atoms with van der Waals surface area (Å²) in [6, 6.07) is 0. The zero-order chi connectivity index (χ0) is 18.0. The van der Waals surface area contributed by atoms with Gasteiger partial charge in [-0.3, -0.25) is 14.3 Å². The SMILES string of the molecule is C/C=C(\C)C(=O)OOP(=O)(OCC(C)Cl)OOC(=O)/C(C)=C/C. The van der Waals surface area contributed by atoms with Crippen molar-refractivity contribution < 1.29 is 37.8 Å². The van der Waals surface area contributed by atoms with Gasteiger partial charge in [0.15, 0.2) is 0 Å². The number of hydrogen-bond donors (Lipinski definition) is 0. The average Bonchev–Trinajstić information content (AvgIpc) is 2.54. The van der Waals surface area contributed by atoms with Gasteiger partial charge in [-0.2, -0.15) is 0 Å². The second-order valence-corrected chi connectivity index (χ2v) is 6.55. The first-order valence-electron chi connectivity index (χ1n) is 6.60. The van der Waals surface area contributed by atoms with Crippen molar-refractivity contribution in [3.05, 3.63) is 23.3 Å². The number of phosphoric acid groups is 1. The van der Waals surface area contributed by atoms with E-state index in [0.717, 1.165) is 0 Å². The molecule has 10 heteroatoms. The van der Waals surface area contributed by atoms with Crippen molar-refractivity contribution in [1.82, 2.24) is 0 Å². The van der Waals surface area contributed by atoms with Gasteiger partial charge in [0.2, 0.25) is 0 Å². The molecule has 0 spiro atoms. The van der Waals surface area contributed by atoms with E-state index in [1.165, 1.54) is 26.0 Å². The van der Waals surface area contributed by atoms with Crippen molar-refractivity contribution in [2.75, 3.05) is 6.61 Å². The Morgan fingerprint density at radius 3 is 1.74 bits per heavy atom. The molecule has 0 aliphatic rings. The lowest BCUT2D eigenvalue weighted by molar-refractivity contribution is -0.258. The Morgan fingerprint density at radius 2 is 1.43 bits per heavy atom. The lowest BCUT2D eigenvalue weighted by Gasteiger charge is -2.15. The van der Waals surface area contributed by atoms with Gasteiger partial charge in [0.05, 0.1) is 12.0 Å². The van der Waals surface area contributed by atoms with Crippen LogP contribution in [0, 0.1) is 0 Å². The Kier molecular flexibility index (Phi) is 10.0. The fourth-order valence-electron chi connectivity index (χ4n) is 0.776. The number of alkyl halides is 1. The molecule has 1 unspecified atom stereocenters. The Bertz CT molecular complexity index is 488. The van der Waals surface area contributed by atoms with E-state index in [4.69, 9.17) is 16.1 Å². The fraction of sp³-hybridized carbons (Fsp3) is 0.538. The molecule has 0 saturated heterocycles. The van der Waals surface area contributed by atoms with Crippen molar-refractivity contribution in [2.24, 2.45) is 0 Å². The highest BCUT2D eigenvalue weighted by atomic mass is 35.5. The summed E-state index contributed by atoms with van der Waals surface area (Å²) in [6.07, 6.45) is 2.91. The summed E-state index contributed by atoms with van der Waals surface area (Å²) in [6.45, 7) is 7.39. The molecule has 0 aromatic rings. The van der Waals surface area contributed by atoms with Gasteiger partial charge in [-0.15, -0.1) is 11.6 Å². The summed E-state index contributed by atoms with van der Waals surface area (Å²) in [4.78, 5) is 31.6. The van der Waals surface area contributed by atoms with Gasteiger partial charge >= 0.3 is 19.8 Å². The van der Waals surface area contributed by atoms with E-state index in [0.29, 0.717) is 0 Å². The normalized spacial score (nSPS) is 16.4. The van der Waals surface area contributed by atoms with Crippen LogP contribution in [-0.4, -0.2) is 23.9 Å². The minimum Gasteiger partial charge on any atom is -0.283 e. The van der Waals surface area contributed by atoms with E-state index in [1.807, 2.05) is 0 Å². The molecule has 0 heterocycles. The molecule has 0 aliphatic heterocycles. The number of carbonyl (C=O) groups is 2. The highest BCUT2D eigenvalue weighted by molar-refractivity contribution is 7.48. The van der Waals surface area contributed by atoms with Crippen LogP contribution in [0.1, 0.15) is 34.6 Å². The van der Waals surface area contributed by atoms with E-state index >= 15 is 0 Å². The van der Waals surface area contributed by atoms with Crippen molar-refractivity contribution in [3.8, 4) is 0 Å². The van der Waals surface area contributed by atoms with Gasteiger partial charge in [-0.1, -0.05) is 21.5 Å². The Morgan fingerprint density at radius 1 is 1.04 bits per heavy atom. The van der Waals surface area contributed by atoms with Gasteiger partial charge in [-0.25, -0.2) is 14.2 Å². The highest BCUT2D eigenvalue weighted by Crippen LogP contribution is 2.50. The van der Waals surface area contributed by atoms with Crippen LogP contribution in [0.25, 0.3) is 0 Å². The molecule has 132 valence electrons. The van der Waals surface area contributed by atoms with Crippen molar-refractivity contribution >= 4 is 31.4 Å². The summed E-state index contributed by atoms with van der Waals surface area (Å²) in [5.74, 6) is -1.82. The standard InChI is InChI=1S/C13H20ClO8P/c1-6-9(3)12(15)19-21-23(17,18-8-11(5)14)22-20-13(16)10(4)7-2/h6-7,11H,8H2,1-5H3/b9-6+,10-7+. The second-order valence-electron chi connectivity index (χ2n) is 4.36. The van der Waals surface area contributed by atoms with E-state index in [1.54, 1.807) is 20.8 Å². The molecular weight excluding hydrogens is 351 g/mol. The van der Waals surface area contributed by atoms with Crippen LogP contribution in [-0.2, 0) is 37.8 Å². The van der Waals surface area contributed by atoms with Gasteiger partial charge in [0, 0.05) is 11.1 Å². The fourth-order valence-corrected chi connectivity index (χ4v) is 1.76. The predicted molar refractivity (Wildman–Crippen MR) is 82.1 cm³/mol. The zero-order valence-corrected chi connectivity index (χ0v) is 15.2. The highest BCUT2D eigenvalue weighted by Gasteiger charge is 2.35. The largest absolute Gasteiger partial charge is 0.547 e. The van der Waals surface area contributed by atoms with Crippen LogP contribution < -0.4 is 0 Å². The van der Waals surface area contributed by atoms with Gasteiger partial charge < -0.3 is 0 Å². The molecule has 0 N–H and O–H groups in total. The van der Waals surface area contributed by atoms with Crippen molar-refractivity contribution in [3.63, 3.8) is 0 Å². The van der Waals surface area contributed by atoms with E-state index in [2.05, 4.69) is 19.1 Å². The molecule has 0 radical (unpaired) electrons. The van der Waals surface area contributed by atoms with Crippen LogP contribution in [0.5, 0.6) is 0 Å². The van der Waals surface area contributed by atoms with Gasteiger partial charge in [0.1, 0.15) is 0 Å². The van der Waals surface area contributed by atoms with Crippen LogP contribution in [0.15, 0.2) is 23.3 Å². The Labute approximate surface area is 139 Å². The Hall–Kier alpha value is -1.18. The molecule has 0 aromatic carbocycles. The quantitative estimate of drug-likeness (QED) is 0.199. The number of rotatable bonds is 9. The Balaban J connectivity index is 4.85. The maximum atomic E-state index is 12.2. The smallest absolute Gasteiger partial charge is 0.283 e. The van der Waals surface area contributed by atoms with E-state index < -0.39 is 25.1 Å². The monoisotopic (exact) mass is 370 g/mol. The van der Waals surface area contributed by atoms with Crippen LogP contribution in [0.3, 0.4) is 0 Å². The minimum absolute atomic E-state index is 0.198. The topological polar surface area (TPSA) is 97.4 Å². The lowest BCUT2D eigenvalue weighted by atomic mass is 10.3. The summed E-state index contributed by atoms with van der Waals surface area (Å²) in [7, 11) is -4.51. The molecule has 0 saturated carbocycles. The number of halogens is 1. The first kappa shape index (κ1) is 21.8. The van der Waals surface area contributed by atoms with Crippen LogP contribution in [0.2, 0.25) is 0 Å². The molecule has 8 nitrogen and oxygen atoms in total. The lowest BCUT2D eigenvalue weighted by Crippen LogP contribution is -2.13. The predicted octanol–water partition coefficient (Wildman–Crippen LogP) is 3.62. The maximum absolute atomic E-state index is 12.2. The third kappa shape index (κ3) is 8.88. The average molecular weight is 371 g/mol. The third-order valence-electron chi connectivity index (χ3n) is 2.38.